The molecule has 1 unspecified atom stereocenters. The van der Waals surface area contributed by atoms with Gasteiger partial charge in [0.1, 0.15) is 11.7 Å². The zero-order valence-corrected chi connectivity index (χ0v) is 21.6. The van der Waals surface area contributed by atoms with E-state index in [4.69, 9.17) is 0 Å². The molecule has 0 saturated carbocycles. The van der Waals surface area contributed by atoms with Gasteiger partial charge >= 0.3 is 12.1 Å². The van der Waals surface area contributed by atoms with Gasteiger partial charge in [-0.2, -0.15) is 13.2 Å². The van der Waals surface area contributed by atoms with Crippen LogP contribution in [-0.2, 0) is 24.4 Å². The van der Waals surface area contributed by atoms with Crippen molar-refractivity contribution in [1.82, 2.24) is 9.55 Å². The molecule has 0 spiro atoms. The summed E-state index contributed by atoms with van der Waals surface area (Å²) in [7, 11) is 1.82. The molecule has 4 aromatic rings. The second-order valence-corrected chi connectivity index (χ2v) is 11.8. The van der Waals surface area contributed by atoms with Gasteiger partial charge in [0.15, 0.2) is 0 Å². The fourth-order valence-corrected chi connectivity index (χ4v) is 5.62. The van der Waals surface area contributed by atoms with Crippen LogP contribution >= 0.6 is 11.8 Å². The molecule has 0 bridgehead atoms. The number of carbonyl (C=O) groups is 1. The third-order valence-electron chi connectivity index (χ3n) is 5.97. The Bertz CT molecular complexity index is 1450. The second kappa shape index (κ2) is 9.78. The van der Waals surface area contributed by atoms with E-state index in [1.54, 1.807) is 54.2 Å². The number of aliphatic carboxylic acids is 1. The summed E-state index contributed by atoms with van der Waals surface area (Å²) in [5.41, 5.74) is 2.29. The van der Waals surface area contributed by atoms with E-state index in [0.717, 1.165) is 28.1 Å². The summed E-state index contributed by atoms with van der Waals surface area (Å²) in [5, 5.41) is 21.2. The number of phenolic OH excluding ortho intramolecular Hbond substituents is 1. The molecule has 37 heavy (non-hydrogen) atoms. The van der Waals surface area contributed by atoms with E-state index in [2.05, 4.69) is 4.98 Å². The molecule has 2 aromatic carbocycles. The molecular formula is C28H27F3N2O3S. The van der Waals surface area contributed by atoms with Crippen LogP contribution in [0.3, 0.4) is 0 Å². The summed E-state index contributed by atoms with van der Waals surface area (Å²) >= 11 is 1.55. The summed E-state index contributed by atoms with van der Waals surface area (Å²) in [5.74, 6) is -1.80. The van der Waals surface area contributed by atoms with Gasteiger partial charge in [0, 0.05) is 45.0 Å². The van der Waals surface area contributed by atoms with Crippen molar-refractivity contribution in [2.45, 2.75) is 48.9 Å². The van der Waals surface area contributed by atoms with Gasteiger partial charge in [-0.1, -0.05) is 39.0 Å². The number of hydrogen-bond donors (Lipinski definition) is 2. The molecular weight excluding hydrogens is 501 g/mol. The number of halogens is 3. The van der Waals surface area contributed by atoms with Crippen LogP contribution in [0.15, 0.2) is 65.7 Å². The van der Waals surface area contributed by atoms with E-state index in [-0.39, 0.29) is 16.9 Å². The number of phenols is 1. The van der Waals surface area contributed by atoms with Gasteiger partial charge in [-0.3, -0.25) is 9.78 Å². The number of rotatable bonds is 6. The lowest BCUT2D eigenvalue weighted by atomic mass is 9.94. The lowest BCUT2D eigenvalue weighted by Gasteiger charge is -2.22. The summed E-state index contributed by atoms with van der Waals surface area (Å²) < 4.78 is 40.4. The van der Waals surface area contributed by atoms with Crippen molar-refractivity contribution in [2.75, 3.05) is 0 Å². The minimum absolute atomic E-state index is 0.101. The smallest absolute Gasteiger partial charge is 0.417 e. The van der Waals surface area contributed by atoms with Crippen LogP contribution in [0.2, 0.25) is 0 Å². The van der Waals surface area contributed by atoms with Gasteiger partial charge in [-0.25, -0.2) is 0 Å². The monoisotopic (exact) mass is 528 g/mol. The topological polar surface area (TPSA) is 75.4 Å². The van der Waals surface area contributed by atoms with E-state index in [1.807, 2.05) is 32.4 Å². The maximum Gasteiger partial charge on any atom is 0.417 e. The highest BCUT2D eigenvalue weighted by Gasteiger charge is 2.32. The van der Waals surface area contributed by atoms with Crippen LogP contribution in [-0.4, -0.2) is 30.5 Å². The summed E-state index contributed by atoms with van der Waals surface area (Å²) in [6.07, 6.45) is -3.51. The maximum atomic E-state index is 12.9. The molecule has 2 aromatic heterocycles. The van der Waals surface area contributed by atoms with Crippen LogP contribution in [0.25, 0.3) is 22.2 Å². The van der Waals surface area contributed by atoms with Crippen molar-refractivity contribution in [3.63, 3.8) is 0 Å². The first kappa shape index (κ1) is 26.6. The highest BCUT2D eigenvalue weighted by Crippen LogP contribution is 2.44. The molecule has 4 rings (SSSR count). The number of nitrogens with zero attached hydrogens (tertiary/aromatic N) is 2. The van der Waals surface area contributed by atoms with Crippen LogP contribution in [0.1, 0.15) is 43.5 Å². The van der Waals surface area contributed by atoms with Gasteiger partial charge in [-0.15, -0.1) is 11.8 Å². The van der Waals surface area contributed by atoms with Gasteiger partial charge in [0.05, 0.1) is 11.3 Å². The number of carboxylic acids is 1. The number of aromatic nitrogens is 2. The van der Waals surface area contributed by atoms with Crippen LogP contribution in [0.4, 0.5) is 13.2 Å². The molecule has 0 saturated heterocycles. The Morgan fingerprint density at radius 2 is 1.81 bits per heavy atom. The van der Waals surface area contributed by atoms with Gasteiger partial charge in [0.25, 0.3) is 0 Å². The number of carboxylic acid groups (broad SMARTS) is 1. The van der Waals surface area contributed by atoms with E-state index >= 15 is 0 Å². The fourth-order valence-electron chi connectivity index (χ4n) is 4.35. The summed E-state index contributed by atoms with van der Waals surface area (Å²) in [6.45, 7) is 6.12. The zero-order chi connectivity index (χ0) is 27.1. The third kappa shape index (κ3) is 5.77. The number of hydrogen-bond acceptors (Lipinski definition) is 4. The number of pyridine rings is 1. The molecule has 0 amide bonds. The molecule has 1 atom stereocenters. The van der Waals surface area contributed by atoms with Crippen molar-refractivity contribution in [1.29, 1.82) is 0 Å². The molecule has 2 heterocycles. The Kier molecular flexibility index (Phi) is 7.03. The second-order valence-electron chi connectivity index (χ2n) is 9.91. The Labute approximate surface area is 217 Å². The molecule has 0 aliphatic rings. The highest BCUT2D eigenvalue weighted by atomic mass is 32.2. The standard InChI is InChI=1S/C28H27F3N2O3S/c1-27(2,3)37-25-20-14-19(34)9-11-23(20)33(4)24(25)21(26(35)36)13-16-6-5-7-17(12-16)22-10-8-18(15-32-22)28(29,30)31/h5-12,14-15,21,34H,13H2,1-4H3,(H,35,36). The molecule has 0 fully saturated rings. The molecule has 2 N–H and O–H groups in total. The third-order valence-corrected chi connectivity index (χ3v) is 7.22. The zero-order valence-electron chi connectivity index (χ0n) is 20.8. The number of thioether (sulfide) groups is 1. The van der Waals surface area contributed by atoms with E-state index in [9.17, 15) is 28.2 Å². The molecule has 194 valence electrons. The Morgan fingerprint density at radius 3 is 2.41 bits per heavy atom. The summed E-state index contributed by atoms with van der Waals surface area (Å²) in [4.78, 5) is 17.4. The average Bonchev–Trinajstić information content (AvgIpc) is 3.06. The Morgan fingerprint density at radius 1 is 1.08 bits per heavy atom. The molecule has 9 heteroatoms. The number of aromatic hydroxyl groups is 1. The van der Waals surface area contributed by atoms with Gasteiger partial charge in [-0.05, 0) is 48.4 Å². The molecule has 0 aliphatic heterocycles. The molecule has 0 aliphatic carbocycles. The normalized spacial score (nSPS) is 13.2. The minimum Gasteiger partial charge on any atom is -0.508 e. The maximum absolute atomic E-state index is 12.9. The predicted octanol–water partition coefficient (Wildman–Crippen LogP) is 7.27. The predicted molar refractivity (Wildman–Crippen MR) is 139 cm³/mol. The van der Waals surface area contributed by atoms with E-state index in [1.165, 1.54) is 6.07 Å². The number of aryl methyl sites for hydroxylation is 1. The van der Waals surface area contributed by atoms with Gasteiger partial charge in [0.2, 0.25) is 0 Å². The Balaban J connectivity index is 1.76. The number of alkyl halides is 3. The van der Waals surface area contributed by atoms with E-state index < -0.39 is 23.6 Å². The van der Waals surface area contributed by atoms with Crippen LogP contribution in [0.5, 0.6) is 5.75 Å². The molecule has 0 radical (unpaired) electrons. The number of benzene rings is 2. The minimum atomic E-state index is -4.47. The van der Waals surface area contributed by atoms with Crippen LogP contribution in [0, 0.1) is 0 Å². The highest BCUT2D eigenvalue weighted by molar-refractivity contribution is 8.00. The SMILES string of the molecule is Cn1c(C(Cc2cccc(-c3ccc(C(F)(F)F)cn3)c2)C(=O)O)c(SC(C)(C)C)c2cc(O)ccc21. The van der Waals surface area contributed by atoms with Gasteiger partial charge < -0.3 is 14.8 Å². The first-order chi connectivity index (χ1) is 17.2. The summed E-state index contributed by atoms with van der Waals surface area (Å²) in [6, 6.07) is 14.3. The van der Waals surface area contributed by atoms with Crippen molar-refractivity contribution in [3.8, 4) is 17.0 Å². The van der Waals surface area contributed by atoms with Crippen molar-refractivity contribution in [3.05, 3.63) is 77.6 Å². The van der Waals surface area contributed by atoms with Crippen LogP contribution < -0.4 is 0 Å². The fraction of sp³-hybridized carbons (Fsp3) is 0.286. The van der Waals surface area contributed by atoms with Crippen molar-refractivity contribution >= 4 is 28.6 Å². The van der Waals surface area contributed by atoms with Crippen molar-refractivity contribution < 1.29 is 28.2 Å². The lowest BCUT2D eigenvalue weighted by molar-refractivity contribution is -0.139. The number of fused-ring (bicyclic) bond motifs is 1. The first-order valence-electron chi connectivity index (χ1n) is 11.6. The average molecular weight is 529 g/mol. The molecule has 5 nitrogen and oxygen atoms in total. The quantitative estimate of drug-likeness (QED) is 0.258. The van der Waals surface area contributed by atoms with Crippen molar-refractivity contribution in [2.24, 2.45) is 7.05 Å². The van der Waals surface area contributed by atoms with E-state index in [0.29, 0.717) is 22.5 Å². The lowest BCUT2D eigenvalue weighted by Crippen LogP contribution is -2.19. The largest absolute Gasteiger partial charge is 0.508 e. The first-order valence-corrected chi connectivity index (χ1v) is 12.4. The Hall–Kier alpha value is -3.46.